The quantitative estimate of drug-likeness (QED) is 0.667. The molecular formula is C16H14N2O2. The summed E-state index contributed by atoms with van der Waals surface area (Å²) in [6.07, 6.45) is 3.09. The van der Waals surface area contributed by atoms with Crippen LogP contribution in [0.2, 0.25) is 0 Å². The van der Waals surface area contributed by atoms with Gasteiger partial charge in [0.15, 0.2) is 5.76 Å². The van der Waals surface area contributed by atoms with Crippen molar-refractivity contribution in [1.82, 2.24) is 9.97 Å². The number of rotatable bonds is 2. The predicted molar refractivity (Wildman–Crippen MR) is 75.9 cm³/mol. The van der Waals surface area contributed by atoms with E-state index in [0.29, 0.717) is 17.1 Å². The highest BCUT2D eigenvalue weighted by atomic mass is 16.3. The van der Waals surface area contributed by atoms with Crippen molar-refractivity contribution in [2.75, 3.05) is 0 Å². The molecule has 0 aliphatic carbocycles. The Morgan fingerprint density at radius 3 is 2.60 bits per heavy atom. The molecule has 0 saturated heterocycles. The molecule has 0 aliphatic heterocycles. The molecule has 20 heavy (non-hydrogen) atoms. The van der Waals surface area contributed by atoms with Crippen LogP contribution in [-0.2, 0) is 0 Å². The summed E-state index contributed by atoms with van der Waals surface area (Å²) in [5.41, 5.74) is 3.61. The van der Waals surface area contributed by atoms with Crippen LogP contribution >= 0.6 is 0 Å². The minimum atomic E-state index is -0.220. The lowest BCUT2D eigenvalue weighted by molar-refractivity contribution is 0.100. The maximum atomic E-state index is 12.5. The number of aromatic nitrogens is 2. The molecule has 0 atom stereocenters. The van der Waals surface area contributed by atoms with Gasteiger partial charge in [0.2, 0.25) is 5.78 Å². The Hall–Kier alpha value is -2.49. The van der Waals surface area contributed by atoms with E-state index >= 15 is 0 Å². The van der Waals surface area contributed by atoms with Crippen LogP contribution in [0.4, 0.5) is 0 Å². The van der Waals surface area contributed by atoms with E-state index in [9.17, 15) is 4.79 Å². The Kier molecular flexibility index (Phi) is 2.86. The van der Waals surface area contributed by atoms with Crippen molar-refractivity contribution in [1.29, 1.82) is 0 Å². The van der Waals surface area contributed by atoms with E-state index in [-0.39, 0.29) is 5.78 Å². The summed E-state index contributed by atoms with van der Waals surface area (Å²) >= 11 is 0. The van der Waals surface area contributed by atoms with Gasteiger partial charge in [-0.25, -0.2) is 4.98 Å². The van der Waals surface area contributed by atoms with Crippen LogP contribution in [0, 0.1) is 20.8 Å². The molecule has 0 amide bonds. The number of nitrogens with zero attached hydrogens (tertiary/aromatic N) is 2. The van der Waals surface area contributed by atoms with Crippen LogP contribution in [-0.4, -0.2) is 15.8 Å². The second-order valence-corrected chi connectivity index (χ2v) is 4.88. The molecule has 0 fully saturated rings. The molecule has 2 aromatic heterocycles. The minimum Gasteiger partial charge on any atom is -0.452 e. The summed E-state index contributed by atoms with van der Waals surface area (Å²) in [5, 5.41) is 0.959. The first-order chi connectivity index (χ1) is 9.58. The number of hydrogen-bond acceptors (Lipinski definition) is 4. The van der Waals surface area contributed by atoms with E-state index < -0.39 is 0 Å². The molecule has 4 heteroatoms. The molecule has 0 aliphatic rings. The highest BCUT2D eigenvalue weighted by molar-refractivity contribution is 6.09. The molecule has 2 heterocycles. The smallest absolute Gasteiger partial charge is 0.248 e. The molecule has 0 radical (unpaired) electrons. The van der Waals surface area contributed by atoms with Gasteiger partial charge in [0.25, 0.3) is 0 Å². The van der Waals surface area contributed by atoms with Crippen molar-refractivity contribution in [2.24, 2.45) is 0 Å². The van der Waals surface area contributed by atoms with Crippen molar-refractivity contribution in [3.05, 3.63) is 58.9 Å². The van der Waals surface area contributed by atoms with Crippen molar-refractivity contribution >= 4 is 16.8 Å². The van der Waals surface area contributed by atoms with Crippen molar-refractivity contribution in [3.63, 3.8) is 0 Å². The maximum absolute atomic E-state index is 12.5. The number of fused-ring (bicyclic) bond motifs is 1. The number of carbonyl (C=O) groups excluding carboxylic acids is 1. The standard InChI is InChI=1S/C16H14N2O2/c1-9-4-5-12-10(2)16(20-13(12)8-9)15(19)14-11(3)17-6-7-18-14/h4-8H,1-3H3. The van der Waals surface area contributed by atoms with E-state index in [0.717, 1.165) is 22.1 Å². The van der Waals surface area contributed by atoms with Gasteiger partial charge in [-0.3, -0.25) is 9.78 Å². The zero-order valence-electron chi connectivity index (χ0n) is 11.6. The summed E-state index contributed by atoms with van der Waals surface area (Å²) in [4.78, 5) is 20.8. The first kappa shape index (κ1) is 12.5. The molecule has 0 bridgehead atoms. The lowest BCUT2D eigenvalue weighted by Gasteiger charge is -2.00. The zero-order chi connectivity index (χ0) is 14.3. The van der Waals surface area contributed by atoms with Gasteiger partial charge in [-0.15, -0.1) is 0 Å². The predicted octanol–water partition coefficient (Wildman–Crippen LogP) is 3.38. The van der Waals surface area contributed by atoms with Crippen LogP contribution in [0.25, 0.3) is 11.0 Å². The molecule has 0 spiro atoms. The van der Waals surface area contributed by atoms with Crippen LogP contribution in [0.1, 0.15) is 33.1 Å². The normalized spacial score (nSPS) is 10.9. The molecule has 0 saturated carbocycles. The van der Waals surface area contributed by atoms with Crippen molar-refractivity contribution < 1.29 is 9.21 Å². The number of ketones is 1. The average molecular weight is 266 g/mol. The number of benzene rings is 1. The topological polar surface area (TPSA) is 56.0 Å². The summed E-state index contributed by atoms with van der Waals surface area (Å²) in [6.45, 7) is 5.65. The Bertz CT molecular complexity index is 818. The molecule has 4 nitrogen and oxygen atoms in total. The fourth-order valence-electron chi connectivity index (χ4n) is 2.29. The largest absolute Gasteiger partial charge is 0.452 e. The fraction of sp³-hybridized carbons (Fsp3) is 0.188. The van der Waals surface area contributed by atoms with E-state index in [1.165, 1.54) is 6.20 Å². The van der Waals surface area contributed by atoms with Gasteiger partial charge in [0, 0.05) is 23.3 Å². The minimum absolute atomic E-state index is 0.220. The second kappa shape index (κ2) is 4.56. The molecule has 100 valence electrons. The summed E-state index contributed by atoms with van der Waals surface area (Å²) in [6, 6.07) is 5.92. The zero-order valence-corrected chi connectivity index (χ0v) is 11.6. The van der Waals surface area contributed by atoms with Crippen LogP contribution in [0.3, 0.4) is 0 Å². The maximum Gasteiger partial charge on any atom is 0.248 e. The van der Waals surface area contributed by atoms with Gasteiger partial charge in [-0.05, 0) is 32.4 Å². The molecule has 0 N–H and O–H groups in total. The van der Waals surface area contributed by atoms with Gasteiger partial charge in [-0.1, -0.05) is 12.1 Å². The molecule has 1 aromatic carbocycles. The third-order valence-electron chi connectivity index (χ3n) is 3.40. The molecular weight excluding hydrogens is 252 g/mol. The highest BCUT2D eigenvalue weighted by Gasteiger charge is 2.22. The summed E-state index contributed by atoms with van der Waals surface area (Å²) in [5.74, 6) is 0.121. The third kappa shape index (κ3) is 1.90. The van der Waals surface area contributed by atoms with E-state index in [1.54, 1.807) is 13.1 Å². The number of carbonyl (C=O) groups is 1. The Labute approximate surface area is 116 Å². The van der Waals surface area contributed by atoms with Crippen molar-refractivity contribution in [3.8, 4) is 0 Å². The fourth-order valence-corrected chi connectivity index (χ4v) is 2.29. The lowest BCUT2D eigenvalue weighted by atomic mass is 10.1. The third-order valence-corrected chi connectivity index (χ3v) is 3.40. The Balaban J connectivity index is 2.18. The van der Waals surface area contributed by atoms with Crippen LogP contribution < -0.4 is 0 Å². The number of aryl methyl sites for hydroxylation is 3. The lowest BCUT2D eigenvalue weighted by Crippen LogP contribution is -2.07. The van der Waals surface area contributed by atoms with Gasteiger partial charge in [-0.2, -0.15) is 0 Å². The average Bonchev–Trinajstić information content (AvgIpc) is 2.75. The van der Waals surface area contributed by atoms with Crippen LogP contribution in [0.15, 0.2) is 35.0 Å². The first-order valence-corrected chi connectivity index (χ1v) is 6.40. The van der Waals surface area contributed by atoms with Gasteiger partial charge < -0.3 is 4.42 Å². The van der Waals surface area contributed by atoms with Crippen molar-refractivity contribution in [2.45, 2.75) is 20.8 Å². The molecule has 3 rings (SSSR count). The van der Waals surface area contributed by atoms with Gasteiger partial charge in [0.05, 0.1) is 5.69 Å². The Morgan fingerprint density at radius 2 is 1.85 bits per heavy atom. The Morgan fingerprint density at radius 1 is 1.10 bits per heavy atom. The van der Waals surface area contributed by atoms with Gasteiger partial charge >= 0.3 is 0 Å². The first-order valence-electron chi connectivity index (χ1n) is 6.40. The summed E-state index contributed by atoms with van der Waals surface area (Å²) in [7, 11) is 0. The number of hydrogen-bond donors (Lipinski definition) is 0. The van der Waals surface area contributed by atoms with Gasteiger partial charge in [0.1, 0.15) is 11.3 Å². The SMILES string of the molecule is Cc1ccc2c(C)c(C(=O)c3nccnc3C)oc2c1. The molecule has 3 aromatic rings. The summed E-state index contributed by atoms with van der Waals surface area (Å²) < 4.78 is 5.73. The highest BCUT2D eigenvalue weighted by Crippen LogP contribution is 2.27. The van der Waals surface area contributed by atoms with E-state index in [1.807, 2.05) is 32.0 Å². The molecule has 0 unspecified atom stereocenters. The second-order valence-electron chi connectivity index (χ2n) is 4.88. The number of furan rings is 1. The monoisotopic (exact) mass is 266 g/mol. The van der Waals surface area contributed by atoms with Crippen LogP contribution in [0.5, 0.6) is 0 Å². The van der Waals surface area contributed by atoms with E-state index in [2.05, 4.69) is 9.97 Å². The van der Waals surface area contributed by atoms with E-state index in [4.69, 9.17) is 4.42 Å².